The van der Waals surface area contributed by atoms with Crippen LogP contribution in [0.2, 0.25) is 0 Å². The zero-order valence-corrected chi connectivity index (χ0v) is 32.3. The van der Waals surface area contributed by atoms with Gasteiger partial charge in [-0.1, -0.05) is 31.5 Å². The summed E-state index contributed by atoms with van der Waals surface area (Å²) in [5.74, 6) is 1.09. The van der Waals surface area contributed by atoms with E-state index in [2.05, 4.69) is 65.5 Å². The van der Waals surface area contributed by atoms with Gasteiger partial charge in [0, 0.05) is 49.8 Å². The van der Waals surface area contributed by atoms with Crippen LogP contribution in [0.3, 0.4) is 0 Å². The number of ether oxygens (including phenoxy) is 3. The summed E-state index contributed by atoms with van der Waals surface area (Å²) in [5, 5.41) is 3.11. The minimum Gasteiger partial charge on any atom is -0.611 e. The molecule has 0 spiro atoms. The Kier molecular flexibility index (Phi) is 14.1. The van der Waals surface area contributed by atoms with E-state index in [0.29, 0.717) is 31.1 Å². The van der Waals surface area contributed by atoms with Gasteiger partial charge in [-0.2, -0.15) is 0 Å². The molecule has 2 aliphatic rings. The standard InChI is InChI=1S/C43H54N4O5S/c1-4-6-23-50-25-26-52-38-17-12-33(13-18-38)34-14-21-41-36(27-34)28-35(10-9-22-47(41)29-39-11-7-8-24-51-39)43(48)45-37-15-19-40(20-16-37)53(49)30-42-32(3)44-31-46(42)5-2/h12-21,27-28,31,39H,4-11,22-26,29-30H2,1-3H3,(H,45,48)/b35-28+/t39?,53-/m1/s1. The lowest BCUT2D eigenvalue weighted by Gasteiger charge is -2.33. The molecule has 0 bridgehead atoms. The van der Waals surface area contributed by atoms with E-state index in [9.17, 15) is 9.35 Å². The highest BCUT2D eigenvalue weighted by Crippen LogP contribution is 2.34. The van der Waals surface area contributed by atoms with Crippen LogP contribution in [0.4, 0.5) is 11.4 Å². The zero-order valence-electron chi connectivity index (χ0n) is 31.5. The van der Waals surface area contributed by atoms with E-state index in [1.165, 1.54) is 6.42 Å². The topological polar surface area (TPSA) is 101 Å². The van der Waals surface area contributed by atoms with Crippen LogP contribution in [0.5, 0.6) is 5.75 Å². The smallest absolute Gasteiger partial charge is 0.251 e. The van der Waals surface area contributed by atoms with Crippen molar-refractivity contribution in [1.82, 2.24) is 9.55 Å². The number of aromatic nitrogens is 2. The molecule has 3 heterocycles. The fraction of sp³-hybridized carbons (Fsp3) is 0.442. The second-order valence-corrected chi connectivity index (χ2v) is 15.3. The van der Waals surface area contributed by atoms with Crippen LogP contribution in [0.1, 0.15) is 75.7 Å². The highest BCUT2D eigenvalue weighted by molar-refractivity contribution is 7.90. The first-order chi connectivity index (χ1) is 25.9. The van der Waals surface area contributed by atoms with Crippen LogP contribution in [-0.4, -0.2) is 65.6 Å². The number of carbonyl (C=O) groups excluding carboxylic acids is 1. The van der Waals surface area contributed by atoms with E-state index >= 15 is 0 Å². The number of fused-ring (bicyclic) bond motifs is 1. The van der Waals surface area contributed by atoms with E-state index in [0.717, 1.165) is 115 Å². The van der Waals surface area contributed by atoms with E-state index < -0.39 is 11.2 Å². The van der Waals surface area contributed by atoms with Crippen molar-refractivity contribution in [3.63, 3.8) is 0 Å². The van der Waals surface area contributed by atoms with Crippen LogP contribution in [-0.2, 0) is 37.7 Å². The third-order valence-electron chi connectivity index (χ3n) is 10.0. The molecule has 0 radical (unpaired) electrons. The van der Waals surface area contributed by atoms with Gasteiger partial charge in [-0.15, -0.1) is 0 Å². The molecule has 1 unspecified atom stereocenters. The Balaban J connectivity index is 1.18. The van der Waals surface area contributed by atoms with Crippen molar-refractivity contribution in [2.24, 2.45) is 0 Å². The fourth-order valence-electron chi connectivity index (χ4n) is 6.93. The van der Waals surface area contributed by atoms with Gasteiger partial charge < -0.3 is 33.5 Å². The number of anilines is 2. The van der Waals surface area contributed by atoms with Crippen LogP contribution in [0.15, 0.2) is 83.5 Å². The lowest BCUT2D eigenvalue weighted by Crippen LogP contribution is -2.37. The summed E-state index contributed by atoms with van der Waals surface area (Å²) in [5.41, 5.74) is 7.57. The average molecular weight is 739 g/mol. The van der Waals surface area contributed by atoms with Crippen molar-refractivity contribution in [2.45, 2.75) is 89.0 Å². The molecule has 1 aromatic heterocycles. The molecule has 1 N–H and O–H groups in total. The maximum Gasteiger partial charge on any atom is 0.251 e. The predicted octanol–water partition coefficient (Wildman–Crippen LogP) is 8.57. The molecule has 6 rings (SSSR count). The maximum absolute atomic E-state index is 13.8. The van der Waals surface area contributed by atoms with Gasteiger partial charge in [-0.3, -0.25) is 4.79 Å². The maximum atomic E-state index is 13.8. The SMILES string of the molecule is CCCCOCCOc1ccc(-c2ccc3c(c2)/C=C(/C(=O)Nc2ccc([S@+]([O-])Cc4c(C)ncn4CC)cc2)CCCN3CC2CCCCO2)cc1. The molecule has 0 aliphatic carbocycles. The summed E-state index contributed by atoms with van der Waals surface area (Å²) in [4.78, 5) is 21.4. The van der Waals surface area contributed by atoms with E-state index in [1.54, 1.807) is 6.33 Å². The van der Waals surface area contributed by atoms with E-state index in [-0.39, 0.29) is 12.0 Å². The Morgan fingerprint density at radius 2 is 1.81 bits per heavy atom. The number of unbranched alkanes of at least 4 members (excludes halogenated alkanes) is 1. The molecule has 3 aromatic carbocycles. The molecule has 10 heteroatoms. The van der Waals surface area contributed by atoms with Gasteiger partial charge in [0.1, 0.15) is 12.4 Å². The summed E-state index contributed by atoms with van der Waals surface area (Å²) in [6.07, 6.45) is 11.1. The predicted molar refractivity (Wildman–Crippen MR) is 214 cm³/mol. The first-order valence-corrected chi connectivity index (χ1v) is 20.6. The summed E-state index contributed by atoms with van der Waals surface area (Å²) >= 11 is -1.23. The molecule has 0 saturated carbocycles. The van der Waals surface area contributed by atoms with Crippen LogP contribution < -0.4 is 15.0 Å². The Hall–Kier alpha value is -4.09. The average Bonchev–Trinajstić information content (AvgIpc) is 3.53. The highest BCUT2D eigenvalue weighted by atomic mass is 32.2. The minimum atomic E-state index is -1.23. The molecule has 9 nitrogen and oxygen atoms in total. The number of hydrogen-bond donors (Lipinski definition) is 1. The Labute approximate surface area is 317 Å². The van der Waals surface area contributed by atoms with Gasteiger partial charge in [0.25, 0.3) is 5.91 Å². The molecule has 53 heavy (non-hydrogen) atoms. The largest absolute Gasteiger partial charge is 0.611 e. The molecule has 1 amide bonds. The monoisotopic (exact) mass is 738 g/mol. The highest BCUT2D eigenvalue weighted by Gasteiger charge is 2.23. The van der Waals surface area contributed by atoms with Gasteiger partial charge in [0.2, 0.25) is 0 Å². The van der Waals surface area contributed by atoms with Crippen molar-refractivity contribution in [2.75, 3.05) is 49.7 Å². The molecular formula is C43H54N4O5S. The number of carbonyl (C=O) groups is 1. The second-order valence-electron chi connectivity index (χ2n) is 13.9. The van der Waals surface area contributed by atoms with Crippen LogP contribution in [0, 0.1) is 6.92 Å². The zero-order chi connectivity index (χ0) is 37.0. The Morgan fingerprint density at radius 3 is 2.57 bits per heavy atom. The Bertz CT molecular complexity index is 1800. The number of hydrogen-bond acceptors (Lipinski definition) is 7. The van der Waals surface area contributed by atoms with Crippen molar-refractivity contribution < 1.29 is 23.6 Å². The van der Waals surface area contributed by atoms with E-state index in [1.807, 2.05) is 47.9 Å². The first-order valence-electron chi connectivity index (χ1n) is 19.2. The fourth-order valence-corrected chi connectivity index (χ4v) is 8.16. The van der Waals surface area contributed by atoms with Crippen LogP contribution >= 0.6 is 0 Å². The van der Waals surface area contributed by atoms with Crippen molar-refractivity contribution in [3.8, 4) is 16.9 Å². The number of benzene rings is 3. The summed E-state index contributed by atoms with van der Waals surface area (Å²) in [7, 11) is 0. The van der Waals surface area contributed by atoms with E-state index in [4.69, 9.17) is 14.2 Å². The van der Waals surface area contributed by atoms with Gasteiger partial charge in [0.05, 0.1) is 30.4 Å². The lowest BCUT2D eigenvalue weighted by molar-refractivity contribution is -0.112. The minimum absolute atomic E-state index is 0.123. The van der Waals surface area contributed by atoms with Gasteiger partial charge in [-0.05, 0) is 135 Å². The number of rotatable bonds is 16. The van der Waals surface area contributed by atoms with Gasteiger partial charge in [-0.25, -0.2) is 4.98 Å². The third-order valence-corrected chi connectivity index (χ3v) is 11.4. The molecule has 2 atom stereocenters. The molecule has 1 saturated heterocycles. The molecule has 282 valence electrons. The molecule has 2 aliphatic heterocycles. The van der Waals surface area contributed by atoms with Crippen molar-refractivity contribution in [1.29, 1.82) is 0 Å². The molecule has 4 aromatic rings. The van der Waals surface area contributed by atoms with Crippen molar-refractivity contribution >= 4 is 34.5 Å². The number of amides is 1. The normalized spacial score (nSPS) is 17.6. The van der Waals surface area contributed by atoms with Gasteiger partial charge in [0.15, 0.2) is 10.6 Å². The lowest BCUT2D eigenvalue weighted by atomic mass is 9.96. The molecular weight excluding hydrogens is 685 g/mol. The number of nitrogens with zero attached hydrogens (tertiary/aromatic N) is 3. The number of aryl methyl sites for hydroxylation is 2. The second kappa shape index (κ2) is 19.3. The molecule has 1 fully saturated rings. The third kappa shape index (κ3) is 10.5. The summed E-state index contributed by atoms with van der Waals surface area (Å²) < 4.78 is 33.0. The Morgan fingerprint density at radius 1 is 1.00 bits per heavy atom. The summed E-state index contributed by atoms with van der Waals surface area (Å²) in [6.45, 7) is 11.3. The quantitative estimate of drug-likeness (QED) is 0.0908. The number of nitrogens with one attached hydrogen (secondary N) is 1. The first kappa shape index (κ1) is 38.6. The summed E-state index contributed by atoms with van der Waals surface area (Å²) in [6, 6.07) is 22.1. The van der Waals surface area contributed by atoms with Crippen LogP contribution in [0.25, 0.3) is 17.2 Å². The number of imidazole rings is 1. The van der Waals surface area contributed by atoms with Crippen molar-refractivity contribution in [3.05, 3.63) is 95.6 Å². The van der Waals surface area contributed by atoms with Gasteiger partial charge >= 0.3 is 0 Å².